The van der Waals surface area contributed by atoms with Gasteiger partial charge in [0.15, 0.2) is 0 Å². The van der Waals surface area contributed by atoms with Crippen molar-refractivity contribution < 1.29 is 28.9 Å². The summed E-state index contributed by atoms with van der Waals surface area (Å²) in [4.78, 5) is 30.8. The zero-order chi connectivity index (χ0) is 27.8. The second kappa shape index (κ2) is 9.95. The molecule has 9 nitrogen and oxygen atoms in total. The molecule has 0 aliphatic carbocycles. The molecular formula is C31H21NO8. The van der Waals surface area contributed by atoms with Gasteiger partial charge in [-0.3, -0.25) is 0 Å². The van der Waals surface area contributed by atoms with Crippen LogP contribution in [0.5, 0.6) is 23.1 Å². The highest BCUT2D eigenvalue weighted by Gasteiger charge is 2.33. The van der Waals surface area contributed by atoms with Crippen molar-refractivity contribution >= 4 is 21.9 Å². The van der Waals surface area contributed by atoms with E-state index < -0.39 is 28.7 Å². The van der Waals surface area contributed by atoms with Gasteiger partial charge in [-0.2, -0.15) is 0 Å². The molecule has 0 fully saturated rings. The van der Waals surface area contributed by atoms with Gasteiger partial charge in [-0.1, -0.05) is 36.4 Å². The van der Waals surface area contributed by atoms with Crippen molar-refractivity contribution in [3.05, 3.63) is 134 Å². The van der Waals surface area contributed by atoms with Gasteiger partial charge in [-0.25, -0.2) is 14.6 Å². The minimum absolute atomic E-state index is 0.0972. The van der Waals surface area contributed by atoms with Gasteiger partial charge in [0, 0.05) is 17.8 Å². The van der Waals surface area contributed by atoms with E-state index >= 15 is 0 Å². The normalized spacial score (nSPS) is 11.3. The number of aromatic nitrogens is 1. The van der Waals surface area contributed by atoms with Crippen molar-refractivity contribution in [3.8, 4) is 23.1 Å². The van der Waals surface area contributed by atoms with E-state index in [9.17, 15) is 24.9 Å². The van der Waals surface area contributed by atoms with E-state index in [1.54, 1.807) is 60.8 Å². The molecule has 3 N–H and O–H groups in total. The molecule has 0 saturated carbocycles. The Morgan fingerprint density at radius 3 is 1.88 bits per heavy atom. The fourth-order valence-corrected chi connectivity index (χ4v) is 4.77. The molecule has 0 amide bonds. The van der Waals surface area contributed by atoms with Gasteiger partial charge in [-0.05, 0) is 48.0 Å². The minimum atomic E-state index is -1.34. The Bertz CT molecular complexity index is 1900. The average Bonchev–Trinajstić information content (AvgIpc) is 2.96. The SMILES string of the molecule is O=c1oc2ccccc2c(O)c1C(c1ccc(O)c(COc2ccccn2)c1)c1c(O)c2ccccc2oc1=O. The van der Waals surface area contributed by atoms with Crippen LogP contribution in [0.25, 0.3) is 21.9 Å². The average molecular weight is 536 g/mol. The molecule has 0 bridgehead atoms. The largest absolute Gasteiger partial charge is 0.508 e. The summed E-state index contributed by atoms with van der Waals surface area (Å²) in [7, 11) is 0. The second-order valence-electron chi connectivity index (χ2n) is 9.07. The molecule has 40 heavy (non-hydrogen) atoms. The topological polar surface area (TPSA) is 143 Å². The number of fused-ring (bicyclic) bond motifs is 2. The second-order valence-corrected chi connectivity index (χ2v) is 9.07. The summed E-state index contributed by atoms with van der Waals surface area (Å²) in [6.07, 6.45) is 1.56. The van der Waals surface area contributed by atoms with Crippen LogP contribution in [0, 0.1) is 0 Å². The number of para-hydroxylation sites is 2. The number of hydrogen-bond acceptors (Lipinski definition) is 9. The molecule has 0 radical (unpaired) electrons. The summed E-state index contributed by atoms with van der Waals surface area (Å²) in [6.45, 7) is -0.0972. The summed E-state index contributed by atoms with van der Waals surface area (Å²) in [6, 6.07) is 22.3. The van der Waals surface area contributed by atoms with Crippen LogP contribution in [0.15, 0.2) is 110 Å². The van der Waals surface area contributed by atoms with E-state index in [-0.39, 0.29) is 51.0 Å². The van der Waals surface area contributed by atoms with Crippen molar-refractivity contribution in [1.82, 2.24) is 4.98 Å². The van der Waals surface area contributed by atoms with E-state index in [2.05, 4.69) is 4.98 Å². The smallest absolute Gasteiger partial charge is 0.344 e. The van der Waals surface area contributed by atoms with Crippen LogP contribution in [0.2, 0.25) is 0 Å². The van der Waals surface area contributed by atoms with Gasteiger partial charge in [0.2, 0.25) is 5.88 Å². The lowest BCUT2D eigenvalue weighted by atomic mass is 9.84. The van der Waals surface area contributed by atoms with Crippen LogP contribution in [-0.2, 0) is 6.61 Å². The van der Waals surface area contributed by atoms with Gasteiger partial charge >= 0.3 is 11.3 Å². The van der Waals surface area contributed by atoms with Crippen LogP contribution in [0.3, 0.4) is 0 Å². The van der Waals surface area contributed by atoms with Gasteiger partial charge < -0.3 is 28.9 Å². The first kappa shape index (κ1) is 24.7. The lowest BCUT2D eigenvalue weighted by Crippen LogP contribution is -2.21. The Balaban J connectivity index is 1.60. The van der Waals surface area contributed by atoms with Gasteiger partial charge in [0.05, 0.1) is 27.8 Å². The molecular weight excluding hydrogens is 514 g/mol. The zero-order valence-corrected chi connectivity index (χ0v) is 20.8. The number of phenolic OH excluding ortho intramolecular Hbond substituents is 1. The molecule has 0 unspecified atom stereocenters. The summed E-state index contributed by atoms with van der Waals surface area (Å²) in [5.74, 6) is -1.95. The monoisotopic (exact) mass is 535 g/mol. The van der Waals surface area contributed by atoms with Gasteiger partial charge in [0.25, 0.3) is 0 Å². The van der Waals surface area contributed by atoms with Crippen LogP contribution < -0.4 is 16.0 Å². The minimum Gasteiger partial charge on any atom is -0.508 e. The maximum absolute atomic E-state index is 13.4. The molecule has 198 valence electrons. The van der Waals surface area contributed by atoms with E-state index in [1.807, 2.05) is 0 Å². The van der Waals surface area contributed by atoms with Crippen LogP contribution in [0.4, 0.5) is 0 Å². The zero-order valence-electron chi connectivity index (χ0n) is 20.8. The third-order valence-corrected chi connectivity index (χ3v) is 6.67. The highest BCUT2D eigenvalue weighted by Crippen LogP contribution is 2.42. The third kappa shape index (κ3) is 4.29. The lowest BCUT2D eigenvalue weighted by Gasteiger charge is -2.20. The number of pyridine rings is 1. The number of ether oxygens (including phenoxy) is 1. The first-order chi connectivity index (χ1) is 19.4. The molecule has 6 rings (SSSR count). The molecule has 9 heteroatoms. The summed E-state index contributed by atoms with van der Waals surface area (Å²) >= 11 is 0. The standard InChI is InChI=1S/C31H21NO8/c33-21-13-12-17(15-18(21)16-38-24-11-5-6-14-32-24)25(26-28(34)19-7-1-3-9-22(19)39-30(26)36)27-29(35)20-8-2-4-10-23(20)40-31(27)37/h1-15,25,33-35H,16H2. The molecule has 3 aromatic carbocycles. The van der Waals surface area contributed by atoms with Crippen molar-refractivity contribution in [2.45, 2.75) is 12.5 Å². The van der Waals surface area contributed by atoms with E-state index in [0.717, 1.165) is 0 Å². The molecule has 0 spiro atoms. The quantitative estimate of drug-likeness (QED) is 0.246. The first-order valence-electron chi connectivity index (χ1n) is 12.3. The number of hydrogen-bond donors (Lipinski definition) is 3. The molecule has 0 saturated heterocycles. The third-order valence-electron chi connectivity index (χ3n) is 6.67. The van der Waals surface area contributed by atoms with Crippen molar-refractivity contribution in [3.63, 3.8) is 0 Å². The maximum Gasteiger partial charge on any atom is 0.344 e. The molecule has 6 aromatic rings. The lowest BCUT2D eigenvalue weighted by molar-refractivity contribution is 0.287. The Labute approximate surface area is 225 Å². The Morgan fingerprint density at radius 1 is 0.725 bits per heavy atom. The first-order valence-corrected chi connectivity index (χ1v) is 12.3. The molecule has 0 atom stereocenters. The van der Waals surface area contributed by atoms with Crippen molar-refractivity contribution in [1.29, 1.82) is 0 Å². The fourth-order valence-electron chi connectivity index (χ4n) is 4.77. The number of phenols is 1. The van der Waals surface area contributed by atoms with Crippen LogP contribution in [-0.4, -0.2) is 20.3 Å². The Hall–Kier alpha value is -5.57. The summed E-state index contributed by atoms with van der Waals surface area (Å²) in [5.41, 5.74) is -1.48. The van der Waals surface area contributed by atoms with Crippen molar-refractivity contribution in [2.75, 3.05) is 0 Å². The highest BCUT2D eigenvalue weighted by atomic mass is 16.5. The molecule has 3 aromatic heterocycles. The van der Waals surface area contributed by atoms with Crippen LogP contribution >= 0.6 is 0 Å². The molecule has 0 aliphatic heterocycles. The van der Waals surface area contributed by atoms with Crippen molar-refractivity contribution in [2.24, 2.45) is 0 Å². The van der Waals surface area contributed by atoms with Gasteiger partial charge in [0.1, 0.15) is 35.0 Å². The van der Waals surface area contributed by atoms with E-state index in [4.69, 9.17) is 13.6 Å². The van der Waals surface area contributed by atoms with Gasteiger partial charge in [-0.15, -0.1) is 0 Å². The summed E-state index contributed by atoms with van der Waals surface area (Å²) in [5, 5.41) is 33.7. The summed E-state index contributed by atoms with van der Waals surface area (Å²) < 4.78 is 16.7. The van der Waals surface area contributed by atoms with E-state index in [1.165, 1.54) is 30.3 Å². The number of aromatic hydroxyl groups is 3. The highest BCUT2D eigenvalue weighted by molar-refractivity contribution is 5.87. The number of nitrogens with zero attached hydrogens (tertiary/aromatic N) is 1. The molecule has 3 heterocycles. The Morgan fingerprint density at radius 2 is 1.30 bits per heavy atom. The predicted octanol–water partition coefficient (Wildman–Crippen LogP) is 5.17. The van der Waals surface area contributed by atoms with Crippen LogP contribution in [0.1, 0.15) is 28.2 Å². The number of benzene rings is 3. The Kier molecular flexibility index (Phi) is 6.16. The maximum atomic E-state index is 13.4. The number of rotatable bonds is 6. The van der Waals surface area contributed by atoms with E-state index in [0.29, 0.717) is 11.4 Å². The molecule has 0 aliphatic rings. The fraction of sp³-hybridized carbons (Fsp3) is 0.0645. The predicted molar refractivity (Wildman–Crippen MR) is 146 cm³/mol.